The minimum Gasteiger partial charge on any atom is -0.543 e. The third-order valence-corrected chi connectivity index (χ3v) is 8.06. The van der Waals surface area contributed by atoms with Gasteiger partial charge in [0.2, 0.25) is 8.32 Å². The van der Waals surface area contributed by atoms with Gasteiger partial charge >= 0.3 is 7.12 Å². The lowest BCUT2D eigenvalue weighted by Crippen LogP contribution is -2.44. The minimum atomic E-state index is -1.84. The molecule has 0 saturated carbocycles. The highest BCUT2D eigenvalue weighted by atomic mass is 28.4. The van der Waals surface area contributed by atoms with Crippen LogP contribution in [0.4, 0.5) is 0 Å². The zero-order valence-corrected chi connectivity index (χ0v) is 13.1. The average Bonchev–Trinajstić information content (AvgIpc) is 2.14. The van der Waals surface area contributed by atoms with E-state index in [1.54, 1.807) is 6.07 Å². The number of aryl methyl sites for hydroxylation is 1. The first-order valence-corrected chi connectivity index (χ1v) is 9.11. The highest BCUT2D eigenvalue weighted by molar-refractivity contribution is 6.74. The molecule has 0 spiro atoms. The van der Waals surface area contributed by atoms with E-state index in [2.05, 4.69) is 33.9 Å². The van der Waals surface area contributed by atoms with Gasteiger partial charge < -0.3 is 14.5 Å². The SMILES string of the molecule is Cc1cc(O[Si](C)(C)C(C)(C)C)ccc1B(O)O. The van der Waals surface area contributed by atoms with Gasteiger partial charge in [0.15, 0.2) is 0 Å². The van der Waals surface area contributed by atoms with Crippen molar-refractivity contribution >= 4 is 20.9 Å². The number of hydrogen-bond donors (Lipinski definition) is 2. The Balaban J connectivity index is 2.97. The van der Waals surface area contributed by atoms with E-state index in [0.29, 0.717) is 5.46 Å². The van der Waals surface area contributed by atoms with Gasteiger partial charge in [-0.15, -0.1) is 0 Å². The molecule has 1 aromatic rings. The summed E-state index contributed by atoms with van der Waals surface area (Å²) in [5, 5.41) is 18.5. The first-order chi connectivity index (χ1) is 8.04. The maximum absolute atomic E-state index is 9.18. The molecule has 0 saturated heterocycles. The van der Waals surface area contributed by atoms with Crippen LogP contribution in [0.15, 0.2) is 18.2 Å². The number of rotatable bonds is 3. The Bertz CT molecular complexity index is 425. The van der Waals surface area contributed by atoms with E-state index in [4.69, 9.17) is 4.43 Å². The molecular formula is C13H23BO3Si. The van der Waals surface area contributed by atoms with E-state index < -0.39 is 15.4 Å². The fourth-order valence-electron chi connectivity index (χ4n) is 1.45. The van der Waals surface area contributed by atoms with Crippen molar-refractivity contribution in [2.24, 2.45) is 0 Å². The van der Waals surface area contributed by atoms with E-state index in [0.717, 1.165) is 11.3 Å². The van der Waals surface area contributed by atoms with Crippen LogP contribution < -0.4 is 9.89 Å². The van der Waals surface area contributed by atoms with Crippen molar-refractivity contribution in [2.45, 2.75) is 45.8 Å². The van der Waals surface area contributed by atoms with E-state index in [9.17, 15) is 10.0 Å². The summed E-state index contributed by atoms with van der Waals surface area (Å²) in [4.78, 5) is 0. The second-order valence-electron chi connectivity index (χ2n) is 6.25. The van der Waals surface area contributed by atoms with E-state index in [1.807, 2.05) is 19.1 Å². The van der Waals surface area contributed by atoms with Crippen LogP contribution in [0.1, 0.15) is 26.3 Å². The monoisotopic (exact) mass is 266 g/mol. The predicted octanol–water partition coefficient (Wildman–Crippen LogP) is 2.06. The molecule has 0 heterocycles. The Morgan fingerprint density at radius 2 is 1.72 bits per heavy atom. The van der Waals surface area contributed by atoms with Gasteiger partial charge in [0.1, 0.15) is 5.75 Å². The second-order valence-corrected chi connectivity index (χ2v) is 11.0. The molecule has 1 rings (SSSR count). The van der Waals surface area contributed by atoms with Crippen LogP contribution in [0, 0.1) is 6.92 Å². The lowest BCUT2D eigenvalue weighted by Gasteiger charge is -2.36. The highest BCUT2D eigenvalue weighted by Gasteiger charge is 2.39. The lowest BCUT2D eigenvalue weighted by atomic mass is 9.77. The quantitative estimate of drug-likeness (QED) is 0.823. The Morgan fingerprint density at radius 1 is 1.17 bits per heavy atom. The predicted molar refractivity (Wildman–Crippen MR) is 78.8 cm³/mol. The Labute approximate surface area is 111 Å². The van der Waals surface area contributed by atoms with Gasteiger partial charge in [-0.05, 0) is 48.2 Å². The first-order valence-electron chi connectivity index (χ1n) is 6.20. The molecule has 0 aliphatic carbocycles. The third-order valence-electron chi connectivity index (χ3n) is 3.70. The zero-order valence-electron chi connectivity index (χ0n) is 12.1. The van der Waals surface area contributed by atoms with Gasteiger partial charge in [0.05, 0.1) is 0 Å². The molecule has 0 fully saturated rings. The molecule has 0 atom stereocenters. The Hall–Kier alpha value is -0.778. The van der Waals surface area contributed by atoms with Crippen molar-refractivity contribution in [2.75, 3.05) is 0 Å². The molecule has 0 aromatic heterocycles. The summed E-state index contributed by atoms with van der Waals surface area (Å²) >= 11 is 0. The van der Waals surface area contributed by atoms with Crippen LogP contribution in [-0.4, -0.2) is 25.5 Å². The summed E-state index contributed by atoms with van der Waals surface area (Å²) in [6.07, 6.45) is 0. The highest BCUT2D eigenvalue weighted by Crippen LogP contribution is 2.37. The maximum atomic E-state index is 9.18. The summed E-state index contributed by atoms with van der Waals surface area (Å²) in [5.41, 5.74) is 1.36. The van der Waals surface area contributed by atoms with Gasteiger partial charge in [-0.2, -0.15) is 0 Å². The molecule has 100 valence electrons. The molecule has 0 amide bonds. The van der Waals surface area contributed by atoms with Crippen LogP contribution in [0.2, 0.25) is 18.1 Å². The molecule has 1 aromatic carbocycles. The van der Waals surface area contributed by atoms with Crippen molar-refractivity contribution < 1.29 is 14.5 Å². The molecule has 0 radical (unpaired) electrons. The van der Waals surface area contributed by atoms with E-state index in [-0.39, 0.29) is 5.04 Å². The topological polar surface area (TPSA) is 49.7 Å². The number of benzene rings is 1. The molecule has 0 unspecified atom stereocenters. The molecular weight excluding hydrogens is 243 g/mol. The molecule has 0 aliphatic rings. The zero-order chi connectivity index (χ0) is 14.1. The standard InChI is InChI=1S/C13H23BO3Si/c1-10-9-11(7-8-12(10)14(15)16)17-18(5,6)13(2,3)4/h7-9,15-16H,1-6H3. The van der Waals surface area contributed by atoms with Gasteiger partial charge in [0, 0.05) is 0 Å². The molecule has 0 aliphatic heterocycles. The summed E-state index contributed by atoms with van der Waals surface area (Å²) in [7, 11) is -3.26. The van der Waals surface area contributed by atoms with Crippen molar-refractivity contribution in [1.29, 1.82) is 0 Å². The van der Waals surface area contributed by atoms with E-state index >= 15 is 0 Å². The van der Waals surface area contributed by atoms with E-state index in [1.165, 1.54) is 0 Å². The first kappa shape index (κ1) is 15.3. The largest absolute Gasteiger partial charge is 0.543 e. The molecule has 0 bridgehead atoms. The minimum absolute atomic E-state index is 0.149. The maximum Gasteiger partial charge on any atom is 0.488 e. The van der Waals surface area contributed by atoms with Crippen molar-refractivity contribution in [3.63, 3.8) is 0 Å². The second kappa shape index (κ2) is 5.07. The summed E-state index contributed by atoms with van der Waals surface area (Å²) in [6, 6.07) is 5.39. The fourth-order valence-corrected chi connectivity index (χ4v) is 2.47. The Kier molecular flexibility index (Phi) is 4.31. The number of hydrogen-bond acceptors (Lipinski definition) is 3. The normalized spacial score (nSPS) is 12.4. The van der Waals surface area contributed by atoms with Crippen molar-refractivity contribution in [1.82, 2.24) is 0 Å². The molecule has 2 N–H and O–H groups in total. The van der Waals surface area contributed by atoms with Crippen LogP contribution in [0.3, 0.4) is 0 Å². The van der Waals surface area contributed by atoms with Crippen LogP contribution in [0.25, 0.3) is 0 Å². The van der Waals surface area contributed by atoms with Crippen molar-refractivity contribution in [3.05, 3.63) is 23.8 Å². The van der Waals surface area contributed by atoms with Crippen LogP contribution in [0.5, 0.6) is 5.75 Å². The molecule has 5 heteroatoms. The summed E-state index contributed by atoms with van der Waals surface area (Å²) in [6.45, 7) is 12.8. The molecule has 3 nitrogen and oxygen atoms in total. The van der Waals surface area contributed by atoms with Crippen LogP contribution in [-0.2, 0) is 0 Å². The van der Waals surface area contributed by atoms with Crippen LogP contribution >= 0.6 is 0 Å². The van der Waals surface area contributed by atoms with Gasteiger partial charge in [-0.3, -0.25) is 0 Å². The van der Waals surface area contributed by atoms with Crippen molar-refractivity contribution in [3.8, 4) is 5.75 Å². The third kappa shape index (κ3) is 3.37. The van der Waals surface area contributed by atoms with Gasteiger partial charge in [-0.25, -0.2) is 0 Å². The fraction of sp³-hybridized carbons (Fsp3) is 0.538. The summed E-state index contributed by atoms with van der Waals surface area (Å²) in [5.74, 6) is 0.809. The smallest absolute Gasteiger partial charge is 0.488 e. The lowest BCUT2D eigenvalue weighted by molar-refractivity contribution is 0.425. The average molecular weight is 266 g/mol. The van der Waals surface area contributed by atoms with Gasteiger partial charge in [0.25, 0.3) is 0 Å². The van der Waals surface area contributed by atoms with Gasteiger partial charge in [-0.1, -0.05) is 26.8 Å². The Morgan fingerprint density at radius 3 is 2.11 bits per heavy atom. The molecule has 18 heavy (non-hydrogen) atoms. The summed E-state index contributed by atoms with van der Waals surface area (Å²) < 4.78 is 6.16.